The summed E-state index contributed by atoms with van der Waals surface area (Å²) in [6, 6.07) is 10.2. The number of benzene rings is 2. The number of carbonyl (C=O) groups excluding carboxylic acids is 2. The molecule has 0 bridgehead atoms. The zero-order valence-electron chi connectivity index (χ0n) is 16.2. The Labute approximate surface area is 168 Å². The summed E-state index contributed by atoms with van der Waals surface area (Å²) in [6.45, 7) is 3.73. The van der Waals surface area contributed by atoms with Gasteiger partial charge >= 0.3 is 0 Å². The van der Waals surface area contributed by atoms with Gasteiger partial charge in [-0.25, -0.2) is 0 Å². The maximum Gasteiger partial charge on any atom is 0.255 e. The van der Waals surface area contributed by atoms with Gasteiger partial charge in [0, 0.05) is 17.3 Å². The topological polar surface area (TPSA) is 138 Å². The summed E-state index contributed by atoms with van der Waals surface area (Å²) in [6.07, 6.45) is 0.592. The maximum absolute atomic E-state index is 11.9. The van der Waals surface area contributed by atoms with Crippen molar-refractivity contribution in [2.45, 2.75) is 26.3 Å². The molecular weight excluding hydrogens is 374 g/mol. The first-order chi connectivity index (χ1) is 13.9. The number of nitrogens with one attached hydrogen (secondary N) is 1. The molecule has 0 aliphatic carbocycles. The van der Waals surface area contributed by atoms with Crippen molar-refractivity contribution in [3.8, 4) is 17.6 Å². The van der Waals surface area contributed by atoms with Gasteiger partial charge in [0.25, 0.3) is 5.91 Å². The number of hydrogen-bond donors (Lipinski definition) is 2. The van der Waals surface area contributed by atoms with Crippen molar-refractivity contribution in [2.24, 2.45) is 5.73 Å². The van der Waals surface area contributed by atoms with E-state index in [0.29, 0.717) is 30.0 Å². The van der Waals surface area contributed by atoms with Crippen LogP contribution in [0.5, 0.6) is 11.5 Å². The van der Waals surface area contributed by atoms with Crippen LogP contribution in [0.15, 0.2) is 36.4 Å². The van der Waals surface area contributed by atoms with Crippen molar-refractivity contribution < 1.29 is 24.2 Å². The van der Waals surface area contributed by atoms with Crippen molar-refractivity contribution in [3.63, 3.8) is 0 Å². The Bertz CT molecular complexity index is 919. The number of aliphatic carboxylic acids is 1. The van der Waals surface area contributed by atoms with Crippen molar-refractivity contribution in [2.75, 3.05) is 18.5 Å². The van der Waals surface area contributed by atoms with E-state index in [1.165, 1.54) is 0 Å². The molecule has 2 rings (SSSR count). The molecule has 0 saturated carbocycles. The SMILES string of the molecule is CCOc1cc(OCC(N)=O)c(C(Nc2ccc(C#N)cc2)C(=O)[O-])cc1CC. The fourth-order valence-corrected chi connectivity index (χ4v) is 2.76. The van der Waals surface area contributed by atoms with Crippen molar-refractivity contribution >= 4 is 17.6 Å². The van der Waals surface area contributed by atoms with Gasteiger partial charge in [0.15, 0.2) is 6.61 Å². The van der Waals surface area contributed by atoms with Crippen LogP contribution in [0, 0.1) is 11.3 Å². The highest BCUT2D eigenvalue weighted by Gasteiger charge is 2.21. The summed E-state index contributed by atoms with van der Waals surface area (Å²) in [7, 11) is 0. The molecule has 0 radical (unpaired) electrons. The summed E-state index contributed by atoms with van der Waals surface area (Å²) in [5.41, 5.74) is 7.14. The predicted molar refractivity (Wildman–Crippen MR) is 104 cm³/mol. The molecule has 0 spiro atoms. The van der Waals surface area contributed by atoms with E-state index in [-0.39, 0.29) is 11.3 Å². The number of carboxylic acid groups (broad SMARTS) is 1. The lowest BCUT2D eigenvalue weighted by Gasteiger charge is -2.25. The zero-order valence-corrected chi connectivity index (χ0v) is 16.2. The summed E-state index contributed by atoms with van der Waals surface area (Å²) >= 11 is 0. The molecule has 0 fully saturated rings. The second kappa shape index (κ2) is 9.99. The Morgan fingerprint density at radius 3 is 2.38 bits per heavy atom. The van der Waals surface area contributed by atoms with E-state index in [4.69, 9.17) is 20.5 Å². The molecule has 29 heavy (non-hydrogen) atoms. The van der Waals surface area contributed by atoms with E-state index in [1.807, 2.05) is 19.9 Å². The number of primary amides is 1. The number of rotatable bonds is 10. The quantitative estimate of drug-likeness (QED) is 0.617. The van der Waals surface area contributed by atoms with Gasteiger partial charge < -0.3 is 30.4 Å². The Balaban J connectivity index is 2.49. The number of amides is 1. The second-order valence-electron chi connectivity index (χ2n) is 6.12. The van der Waals surface area contributed by atoms with Crippen LogP contribution in [-0.2, 0) is 16.0 Å². The lowest BCUT2D eigenvalue weighted by molar-refractivity contribution is -0.307. The minimum absolute atomic E-state index is 0.153. The number of carboxylic acids is 1. The highest BCUT2D eigenvalue weighted by molar-refractivity contribution is 5.80. The Kier molecular flexibility index (Phi) is 7.43. The van der Waals surface area contributed by atoms with Gasteiger partial charge in [0.05, 0.1) is 30.3 Å². The van der Waals surface area contributed by atoms with E-state index in [2.05, 4.69) is 5.32 Å². The molecule has 8 nitrogen and oxygen atoms in total. The predicted octanol–water partition coefficient (Wildman–Crippen LogP) is 1.29. The van der Waals surface area contributed by atoms with Crippen molar-refractivity contribution in [1.29, 1.82) is 5.26 Å². The lowest BCUT2D eigenvalue weighted by atomic mass is 9.99. The molecule has 1 atom stereocenters. The lowest BCUT2D eigenvalue weighted by Crippen LogP contribution is -2.35. The average molecular weight is 396 g/mol. The fourth-order valence-electron chi connectivity index (χ4n) is 2.76. The van der Waals surface area contributed by atoms with E-state index in [9.17, 15) is 14.7 Å². The van der Waals surface area contributed by atoms with Crippen LogP contribution in [0.4, 0.5) is 5.69 Å². The maximum atomic E-state index is 11.9. The van der Waals surface area contributed by atoms with Gasteiger partial charge in [-0.3, -0.25) is 4.79 Å². The van der Waals surface area contributed by atoms with Crippen LogP contribution in [0.3, 0.4) is 0 Å². The van der Waals surface area contributed by atoms with Gasteiger partial charge in [0.1, 0.15) is 11.5 Å². The van der Waals surface area contributed by atoms with E-state index in [1.54, 1.807) is 36.4 Å². The second-order valence-corrected chi connectivity index (χ2v) is 6.12. The summed E-state index contributed by atoms with van der Waals surface area (Å²) < 4.78 is 11.1. The van der Waals surface area contributed by atoms with Crippen LogP contribution < -0.4 is 25.6 Å². The largest absolute Gasteiger partial charge is 0.548 e. The number of nitriles is 1. The molecular formula is C21H22N3O5-. The van der Waals surface area contributed by atoms with Gasteiger partial charge in [-0.05, 0) is 49.2 Å². The van der Waals surface area contributed by atoms with Crippen molar-refractivity contribution in [3.05, 3.63) is 53.1 Å². The molecule has 0 aromatic heterocycles. The third-order valence-corrected chi connectivity index (χ3v) is 4.12. The Hall–Kier alpha value is -3.73. The molecule has 0 heterocycles. The van der Waals surface area contributed by atoms with Gasteiger partial charge in [-0.15, -0.1) is 0 Å². The number of ether oxygens (including phenoxy) is 2. The van der Waals surface area contributed by atoms with Crippen LogP contribution in [0.25, 0.3) is 0 Å². The van der Waals surface area contributed by atoms with Gasteiger partial charge in [0.2, 0.25) is 0 Å². The first-order valence-electron chi connectivity index (χ1n) is 9.07. The number of nitrogens with two attached hydrogens (primary N) is 1. The van der Waals surface area contributed by atoms with E-state index < -0.39 is 24.5 Å². The highest BCUT2D eigenvalue weighted by atomic mass is 16.5. The minimum atomic E-state index is -1.38. The summed E-state index contributed by atoms with van der Waals surface area (Å²) in [5.74, 6) is -1.39. The van der Waals surface area contributed by atoms with Crippen LogP contribution in [0.2, 0.25) is 0 Å². The number of nitrogens with zero attached hydrogens (tertiary/aromatic N) is 1. The first kappa shape index (κ1) is 21.6. The molecule has 1 unspecified atom stereocenters. The molecule has 0 aliphatic heterocycles. The average Bonchev–Trinajstić information content (AvgIpc) is 2.71. The third kappa shape index (κ3) is 5.62. The number of anilines is 1. The van der Waals surface area contributed by atoms with E-state index in [0.717, 1.165) is 5.56 Å². The van der Waals surface area contributed by atoms with Gasteiger partial charge in [-0.1, -0.05) is 6.92 Å². The molecule has 2 aromatic rings. The number of aryl methyl sites for hydroxylation is 1. The molecule has 8 heteroatoms. The number of carbonyl (C=O) groups is 2. The summed E-state index contributed by atoms with van der Waals surface area (Å²) in [5, 5.41) is 23.7. The van der Waals surface area contributed by atoms with Crippen LogP contribution in [-0.4, -0.2) is 25.1 Å². The third-order valence-electron chi connectivity index (χ3n) is 4.12. The monoisotopic (exact) mass is 396 g/mol. The Morgan fingerprint density at radius 2 is 1.86 bits per heavy atom. The van der Waals surface area contributed by atoms with Crippen LogP contribution >= 0.6 is 0 Å². The molecule has 2 aromatic carbocycles. The highest BCUT2D eigenvalue weighted by Crippen LogP contribution is 2.35. The number of hydrogen-bond acceptors (Lipinski definition) is 7. The Morgan fingerprint density at radius 1 is 1.17 bits per heavy atom. The van der Waals surface area contributed by atoms with Gasteiger partial charge in [-0.2, -0.15) is 5.26 Å². The standard InChI is InChI=1S/C21H23N3O5/c1-3-14-9-16(18(29-12-19(23)25)10-17(14)28-4-2)20(21(26)27)24-15-7-5-13(11-22)6-8-15/h5-10,20,24H,3-4,12H2,1-2H3,(H2,23,25)(H,26,27)/p-1. The molecule has 3 N–H and O–H groups in total. The first-order valence-corrected chi connectivity index (χ1v) is 9.07. The zero-order chi connectivity index (χ0) is 21.4. The van der Waals surface area contributed by atoms with Crippen molar-refractivity contribution in [1.82, 2.24) is 0 Å². The normalized spacial score (nSPS) is 11.2. The molecule has 0 saturated heterocycles. The molecule has 152 valence electrons. The molecule has 0 aliphatic rings. The fraction of sp³-hybridized carbons (Fsp3) is 0.286. The smallest absolute Gasteiger partial charge is 0.255 e. The molecule has 1 amide bonds. The minimum Gasteiger partial charge on any atom is -0.548 e. The summed E-state index contributed by atoms with van der Waals surface area (Å²) in [4.78, 5) is 23.1. The van der Waals surface area contributed by atoms with Crippen LogP contribution in [0.1, 0.15) is 36.6 Å². The van der Waals surface area contributed by atoms with E-state index >= 15 is 0 Å².